The van der Waals surface area contributed by atoms with Crippen LogP contribution >= 0.6 is 0 Å². The number of carbonyl (C=O) groups is 1. The number of nitrogens with one attached hydrogen (secondary N) is 1. The van der Waals surface area contributed by atoms with E-state index in [2.05, 4.69) is 15.2 Å². The topological polar surface area (TPSA) is 75.6 Å². The molecule has 180 valence electrons. The van der Waals surface area contributed by atoms with Crippen LogP contribution in [-0.4, -0.2) is 93.1 Å². The van der Waals surface area contributed by atoms with Crippen LogP contribution in [0.5, 0.6) is 0 Å². The van der Waals surface area contributed by atoms with Crippen molar-refractivity contribution in [1.82, 2.24) is 15.1 Å². The number of guanidine groups is 1. The molecule has 8 nitrogen and oxygen atoms in total. The molecule has 1 atom stereocenters. The van der Waals surface area contributed by atoms with E-state index < -0.39 is 5.60 Å². The maximum atomic E-state index is 12.4. The van der Waals surface area contributed by atoms with Crippen LogP contribution in [0.2, 0.25) is 0 Å². The number of nitrogens with zero attached hydrogens (tertiary/aromatic N) is 3. The van der Waals surface area contributed by atoms with Gasteiger partial charge in [-0.15, -0.1) is 0 Å². The Morgan fingerprint density at radius 1 is 1.26 bits per heavy atom. The van der Waals surface area contributed by atoms with Gasteiger partial charge >= 0.3 is 6.09 Å². The highest BCUT2D eigenvalue weighted by Gasteiger charge is 2.27. The Labute approximate surface area is 188 Å². The highest BCUT2D eigenvalue weighted by atomic mass is 16.6. The average molecular weight is 441 g/mol. The summed E-state index contributed by atoms with van der Waals surface area (Å²) in [7, 11) is 1.84. The fraction of sp³-hybridized carbons (Fsp3) is 0.913. The zero-order valence-electron chi connectivity index (χ0n) is 20.3. The summed E-state index contributed by atoms with van der Waals surface area (Å²) in [6, 6.07) is 0. The van der Waals surface area contributed by atoms with Crippen LogP contribution in [0.15, 0.2) is 4.99 Å². The van der Waals surface area contributed by atoms with Crippen LogP contribution in [-0.2, 0) is 14.2 Å². The number of likely N-dealkylation sites (tertiary alicyclic amines) is 1. The summed E-state index contributed by atoms with van der Waals surface area (Å²) in [6.45, 7) is 14.2. The maximum Gasteiger partial charge on any atom is 0.410 e. The van der Waals surface area contributed by atoms with E-state index >= 15 is 0 Å². The minimum absolute atomic E-state index is 0.211. The number of amides is 1. The van der Waals surface area contributed by atoms with Crippen molar-refractivity contribution in [3.8, 4) is 0 Å². The number of hydrogen-bond acceptors (Lipinski definition) is 5. The fourth-order valence-electron chi connectivity index (χ4n) is 4.00. The molecule has 0 aromatic heterocycles. The van der Waals surface area contributed by atoms with Gasteiger partial charge in [0.05, 0.1) is 12.7 Å². The zero-order valence-corrected chi connectivity index (χ0v) is 20.3. The molecule has 1 amide bonds. The summed E-state index contributed by atoms with van der Waals surface area (Å²) in [5, 5.41) is 3.46. The molecule has 0 aliphatic carbocycles. The van der Waals surface area contributed by atoms with E-state index in [4.69, 9.17) is 14.2 Å². The summed E-state index contributed by atoms with van der Waals surface area (Å²) in [6.07, 6.45) is 5.39. The van der Waals surface area contributed by atoms with E-state index in [0.717, 1.165) is 77.5 Å². The summed E-state index contributed by atoms with van der Waals surface area (Å²) >= 11 is 0. The zero-order chi connectivity index (χ0) is 22.7. The third kappa shape index (κ3) is 9.64. The lowest BCUT2D eigenvalue weighted by Gasteiger charge is -2.36. The van der Waals surface area contributed by atoms with Gasteiger partial charge in [-0.05, 0) is 65.7 Å². The molecule has 0 aromatic carbocycles. The second kappa shape index (κ2) is 13.1. The maximum absolute atomic E-state index is 12.4. The molecular formula is C23H44N4O4. The molecule has 0 aromatic rings. The minimum atomic E-state index is -0.457. The minimum Gasteiger partial charge on any atom is -0.444 e. The van der Waals surface area contributed by atoms with Gasteiger partial charge in [-0.25, -0.2) is 4.79 Å². The van der Waals surface area contributed by atoms with Crippen molar-refractivity contribution in [3.63, 3.8) is 0 Å². The smallest absolute Gasteiger partial charge is 0.410 e. The van der Waals surface area contributed by atoms with Crippen molar-refractivity contribution < 1.29 is 19.0 Å². The fourth-order valence-corrected chi connectivity index (χ4v) is 4.00. The first-order valence-corrected chi connectivity index (χ1v) is 11.9. The Bertz CT molecular complexity index is 550. The lowest BCUT2D eigenvalue weighted by Crippen LogP contribution is -2.48. The monoisotopic (exact) mass is 440 g/mol. The molecule has 0 bridgehead atoms. The van der Waals surface area contributed by atoms with Crippen LogP contribution in [0.1, 0.15) is 59.8 Å². The second-order valence-electron chi connectivity index (χ2n) is 9.49. The van der Waals surface area contributed by atoms with Gasteiger partial charge in [0.25, 0.3) is 0 Å². The number of hydrogen-bond donors (Lipinski definition) is 1. The van der Waals surface area contributed by atoms with E-state index in [-0.39, 0.29) is 6.09 Å². The number of rotatable bonds is 9. The number of ether oxygens (including phenoxy) is 3. The van der Waals surface area contributed by atoms with Gasteiger partial charge in [0.2, 0.25) is 0 Å². The molecule has 0 spiro atoms. The lowest BCUT2D eigenvalue weighted by atomic mass is 9.96. The predicted octanol–water partition coefficient (Wildman–Crippen LogP) is 3.12. The van der Waals surface area contributed by atoms with Gasteiger partial charge in [-0.1, -0.05) is 0 Å². The van der Waals surface area contributed by atoms with Gasteiger partial charge in [0.1, 0.15) is 5.60 Å². The van der Waals surface area contributed by atoms with Crippen LogP contribution in [0.25, 0.3) is 0 Å². The van der Waals surface area contributed by atoms with Crippen LogP contribution in [0.4, 0.5) is 4.79 Å². The summed E-state index contributed by atoms with van der Waals surface area (Å²) in [5.41, 5.74) is -0.457. The molecule has 2 rings (SSSR count). The number of carbonyl (C=O) groups excluding carboxylic acids is 1. The van der Waals surface area contributed by atoms with Gasteiger partial charge in [0.15, 0.2) is 5.96 Å². The number of aliphatic imine (C=N–C) groups is 1. The van der Waals surface area contributed by atoms with Crippen molar-refractivity contribution in [1.29, 1.82) is 0 Å². The molecule has 2 heterocycles. The molecular weight excluding hydrogens is 396 g/mol. The molecule has 0 saturated carbocycles. The molecule has 2 saturated heterocycles. The summed E-state index contributed by atoms with van der Waals surface area (Å²) in [4.78, 5) is 21.0. The third-order valence-electron chi connectivity index (χ3n) is 5.71. The molecule has 2 fully saturated rings. The molecule has 2 aliphatic heterocycles. The van der Waals surface area contributed by atoms with Crippen molar-refractivity contribution in [2.45, 2.75) is 71.5 Å². The average Bonchev–Trinajstić information content (AvgIpc) is 3.24. The molecule has 2 aliphatic rings. The van der Waals surface area contributed by atoms with Crippen molar-refractivity contribution in [2.75, 3.05) is 59.6 Å². The van der Waals surface area contributed by atoms with Crippen molar-refractivity contribution in [2.24, 2.45) is 10.9 Å². The Kier molecular flexibility index (Phi) is 10.9. The van der Waals surface area contributed by atoms with E-state index in [9.17, 15) is 4.79 Å². The standard InChI is InChI=1S/C23H44N4O4/c1-6-26(22(28)31-23(2,3)4)17-19-10-13-27(14-11-19)21(24-5)25-12-8-15-29-18-20-9-7-16-30-20/h19-20H,6-18H2,1-5H3,(H,24,25). The van der Waals surface area contributed by atoms with Crippen LogP contribution < -0.4 is 5.32 Å². The first kappa shape index (κ1) is 25.7. The van der Waals surface area contributed by atoms with Gasteiger partial charge < -0.3 is 29.3 Å². The SMILES string of the molecule is CCN(CC1CCN(C(=NC)NCCCOCC2CCCO2)CC1)C(=O)OC(C)(C)C. The normalized spacial score (nSPS) is 20.7. The van der Waals surface area contributed by atoms with E-state index in [1.807, 2.05) is 39.6 Å². The van der Waals surface area contributed by atoms with Crippen LogP contribution in [0, 0.1) is 5.92 Å². The molecule has 1 N–H and O–H groups in total. The Morgan fingerprint density at radius 3 is 2.58 bits per heavy atom. The molecule has 31 heavy (non-hydrogen) atoms. The molecule has 1 unspecified atom stereocenters. The van der Waals surface area contributed by atoms with Crippen molar-refractivity contribution >= 4 is 12.1 Å². The Balaban J connectivity index is 1.63. The van der Waals surface area contributed by atoms with E-state index in [1.54, 1.807) is 0 Å². The van der Waals surface area contributed by atoms with E-state index in [0.29, 0.717) is 25.2 Å². The Hall–Kier alpha value is -1.54. The predicted molar refractivity (Wildman–Crippen MR) is 124 cm³/mol. The number of piperidine rings is 1. The second-order valence-corrected chi connectivity index (χ2v) is 9.49. The highest BCUT2D eigenvalue weighted by Crippen LogP contribution is 2.20. The summed E-state index contributed by atoms with van der Waals surface area (Å²) < 4.78 is 16.8. The molecule has 0 radical (unpaired) electrons. The third-order valence-corrected chi connectivity index (χ3v) is 5.71. The Morgan fingerprint density at radius 2 is 2.00 bits per heavy atom. The van der Waals surface area contributed by atoms with Gasteiger partial charge in [-0.3, -0.25) is 4.99 Å². The highest BCUT2D eigenvalue weighted by molar-refractivity contribution is 5.79. The van der Waals surface area contributed by atoms with E-state index in [1.165, 1.54) is 0 Å². The quantitative estimate of drug-likeness (QED) is 0.337. The van der Waals surface area contributed by atoms with Gasteiger partial charge in [-0.2, -0.15) is 0 Å². The largest absolute Gasteiger partial charge is 0.444 e. The van der Waals surface area contributed by atoms with Crippen molar-refractivity contribution in [3.05, 3.63) is 0 Å². The summed E-state index contributed by atoms with van der Waals surface area (Å²) in [5.74, 6) is 1.45. The van der Waals surface area contributed by atoms with Crippen LogP contribution in [0.3, 0.4) is 0 Å². The molecule has 8 heteroatoms. The first-order chi connectivity index (χ1) is 14.8. The first-order valence-electron chi connectivity index (χ1n) is 11.9. The lowest BCUT2D eigenvalue weighted by molar-refractivity contribution is 0.0168. The van der Waals surface area contributed by atoms with Gasteiger partial charge in [0, 0.05) is 53.0 Å².